The Morgan fingerprint density at radius 1 is 0.861 bits per heavy atom. The summed E-state index contributed by atoms with van der Waals surface area (Å²) in [6.07, 6.45) is 0. The number of methoxy groups -OCH3 is 1. The van der Waals surface area contributed by atoms with Crippen LogP contribution in [0.5, 0.6) is 0 Å². The van der Waals surface area contributed by atoms with Crippen molar-refractivity contribution in [1.29, 1.82) is 0 Å². The first-order valence-electron chi connectivity index (χ1n) is 12.2. The van der Waals surface area contributed by atoms with Crippen LogP contribution in [-0.2, 0) is 28.7 Å². The largest absolute Gasteiger partial charge is 0.465 e. The van der Waals surface area contributed by atoms with Crippen molar-refractivity contribution in [2.24, 2.45) is 0 Å². The van der Waals surface area contributed by atoms with E-state index in [4.69, 9.17) is 4.74 Å². The number of rotatable bonds is 10. The second-order valence-electron chi connectivity index (χ2n) is 9.00. The van der Waals surface area contributed by atoms with Gasteiger partial charge in [0.2, 0.25) is 10.9 Å². The number of nitrogens with zero attached hydrogens (tertiary/aromatic N) is 3. The topological polar surface area (TPSA) is 70.2 Å². The molecule has 4 rings (SSSR count). The van der Waals surface area contributed by atoms with E-state index in [-0.39, 0.29) is 12.6 Å². The van der Waals surface area contributed by atoms with Crippen molar-refractivity contribution in [3.05, 3.63) is 107 Å². The first-order chi connectivity index (χ1) is 17.5. The van der Waals surface area contributed by atoms with Gasteiger partial charge in [-0.15, -0.1) is 0 Å². The molecule has 3 aromatic rings. The molecule has 0 spiro atoms. The third-order valence-corrected chi connectivity index (χ3v) is 7.40. The van der Waals surface area contributed by atoms with Crippen LogP contribution in [-0.4, -0.2) is 68.3 Å². The van der Waals surface area contributed by atoms with Crippen LogP contribution in [0.1, 0.15) is 33.1 Å². The highest BCUT2D eigenvalue weighted by Crippen LogP contribution is 2.25. The molecule has 0 N–H and O–H groups in total. The lowest BCUT2D eigenvalue weighted by molar-refractivity contribution is 0.0600. The summed E-state index contributed by atoms with van der Waals surface area (Å²) in [6, 6.07) is 27.4. The highest BCUT2D eigenvalue weighted by Gasteiger charge is 2.27. The van der Waals surface area contributed by atoms with Crippen molar-refractivity contribution < 1.29 is 17.9 Å². The Labute approximate surface area is 215 Å². The molecule has 1 heterocycles. The summed E-state index contributed by atoms with van der Waals surface area (Å²) in [7, 11) is -1.45. The molecule has 3 aromatic carbocycles. The van der Waals surface area contributed by atoms with Crippen molar-refractivity contribution in [2.45, 2.75) is 19.1 Å². The maximum Gasteiger partial charge on any atom is 0.337 e. The summed E-state index contributed by atoms with van der Waals surface area (Å²) < 4.78 is 30.8. The maximum absolute atomic E-state index is 12.3. The van der Waals surface area contributed by atoms with E-state index in [0.29, 0.717) is 12.1 Å². The van der Waals surface area contributed by atoms with Crippen molar-refractivity contribution >= 4 is 16.9 Å². The molecule has 190 valence electrons. The van der Waals surface area contributed by atoms with Gasteiger partial charge in [0.05, 0.1) is 12.7 Å². The van der Waals surface area contributed by atoms with E-state index in [9.17, 15) is 13.2 Å². The smallest absolute Gasteiger partial charge is 0.337 e. The summed E-state index contributed by atoms with van der Waals surface area (Å²) >= 11 is 0. The third-order valence-electron chi connectivity index (χ3n) is 6.64. The van der Waals surface area contributed by atoms with E-state index in [2.05, 4.69) is 46.2 Å². The fourth-order valence-electron chi connectivity index (χ4n) is 4.65. The van der Waals surface area contributed by atoms with Crippen molar-refractivity contribution in [2.75, 3.05) is 39.8 Å². The molecule has 0 radical (unpaired) electrons. The zero-order valence-corrected chi connectivity index (χ0v) is 21.4. The minimum atomic E-state index is -2.79. The van der Waals surface area contributed by atoms with E-state index in [0.717, 1.165) is 43.9 Å². The highest BCUT2D eigenvalue weighted by molar-refractivity contribution is 7.69. The first kappa shape index (κ1) is 26.0. The molecule has 1 aliphatic rings. The summed E-state index contributed by atoms with van der Waals surface area (Å²) in [5.41, 5.74) is 3.67. The van der Waals surface area contributed by atoms with Gasteiger partial charge in [0.25, 0.3) is 0 Å². The van der Waals surface area contributed by atoms with Gasteiger partial charge < -0.3 is 4.74 Å². The molecule has 0 saturated carbocycles. The van der Waals surface area contributed by atoms with Crippen LogP contribution in [0.15, 0.2) is 84.9 Å². The molecule has 7 nitrogen and oxygen atoms in total. The fraction of sp³-hybridized carbons (Fsp3) is 0.321. The second kappa shape index (κ2) is 12.8. The van der Waals surface area contributed by atoms with Gasteiger partial charge in [-0.25, -0.2) is 13.2 Å². The summed E-state index contributed by atoms with van der Waals surface area (Å²) in [6.45, 7) is 5.11. The number of hydrogen-bond acceptors (Lipinski definition) is 6. The van der Waals surface area contributed by atoms with E-state index < -0.39 is 16.9 Å². The van der Waals surface area contributed by atoms with Crippen LogP contribution in [0.2, 0.25) is 0 Å². The zero-order valence-electron chi connectivity index (χ0n) is 20.5. The Bertz CT molecular complexity index is 1170. The van der Waals surface area contributed by atoms with E-state index in [1.807, 2.05) is 24.3 Å². The maximum atomic E-state index is 12.3. The molecule has 1 unspecified atom stereocenters. The lowest BCUT2D eigenvalue weighted by Crippen LogP contribution is -2.49. The highest BCUT2D eigenvalue weighted by atomic mass is 32.2. The zero-order chi connectivity index (χ0) is 25.3. The number of thiol groups is 1. The number of piperazine rings is 1. The molecule has 0 aromatic heterocycles. The summed E-state index contributed by atoms with van der Waals surface area (Å²) in [5, 5.41) is 0. The number of carbonyl (C=O) groups is 1. The van der Waals surface area contributed by atoms with Gasteiger partial charge in [-0.1, -0.05) is 72.8 Å². The quantitative estimate of drug-likeness (QED) is 0.335. The molecule has 0 amide bonds. The number of ether oxygens (including phenoxy) is 1. The van der Waals surface area contributed by atoms with Gasteiger partial charge in [-0.2, -0.15) is 4.31 Å². The van der Waals surface area contributed by atoms with Crippen LogP contribution in [0.25, 0.3) is 0 Å². The number of benzene rings is 3. The predicted octanol–water partition coefficient (Wildman–Crippen LogP) is 3.36. The average Bonchev–Trinajstić information content (AvgIpc) is 2.92. The Hall–Kier alpha value is -3.04. The van der Waals surface area contributed by atoms with E-state index in [1.54, 1.807) is 24.3 Å². The molecule has 1 saturated heterocycles. The van der Waals surface area contributed by atoms with Gasteiger partial charge in [-0.3, -0.25) is 9.80 Å². The van der Waals surface area contributed by atoms with Crippen molar-refractivity contribution in [3.63, 3.8) is 0 Å². The molecule has 0 aliphatic carbocycles. The van der Waals surface area contributed by atoms with Crippen LogP contribution < -0.4 is 0 Å². The SMILES string of the molecule is COC(=O)c1ccc(CN(CC(c2ccccc2)N2CCN(Cc3ccccc3)CC2)[SH](=O)=O)cc1. The fourth-order valence-corrected chi connectivity index (χ4v) is 5.21. The normalized spacial score (nSPS) is 15.8. The average molecular weight is 508 g/mol. The monoisotopic (exact) mass is 507 g/mol. The number of esters is 1. The van der Waals surface area contributed by atoms with Gasteiger partial charge >= 0.3 is 5.97 Å². The van der Waals surface area contributed by atoms with Crippen molar-refractivity contribution in [1.82, 2.24) is 14.1 Å². The molecule has 1 fully saturated rings. The molecular formula is C28H33N3O4S. The van der Waals surface area contributed by atoms with Crippen LogP contribution >= 0.6 is 0 Å². The van der Waals surface area contributed by atoms with Gasteiger partial charge in [0.1, 0.15) is 0 Å². The second-order valence-corrected chi connectivity index (χ2v) is 10.0. The third kappa shape index (κ3) is 7.01. The van der Waals surface area contributed by atoms with Gasteiger partial charge in [-0.05, 0) is 28.8 Å². The van der Waals surface area contributed by atoms with Gasteiger partial charge in [0.15, 0.2) is 0 Å². The van der Waals surface area contributed by atoms with Crippen molar-refractivity contribution in [3.8, 4) is 0 Å². The molecule has 1 aliphatic heterocycles. The van der Waals surface area contributed by atoms with Gasteiger partial charge in [0, 0.05) is 51.9 Å². The van der Waals surface area contributed by atoms with Crippen LogP contribution in [0, 0.1) is 0 Å². The Morgan fingerprint density at radius 2 is 1.47 bits per heavy atom. The predicted molar refractivity (Wildman–Crippen MR) is 141 cm³/mol. The summed E-state index contributed by atoms with van der Waals surface area (Å²) in [5.74, 6) is -0.413. The lowest BCUT2D eigenvalue weighted by atomic mass is 10.0. The molecule has 36 heavy (non-hydrogen) atoms. The molecule has 0 bridgehead atoms. The first-order valence-corrected chi connectivity index (χ1v) is 13.3. The van der Waals surface area contributed by atoms with E-state index in [1.165, 1.54) is 17.0 Å². The Kier molecular flexibility index (Phi) is 9.24. The van der Waals surface area contributed by atoms with E-state index >= 15 is 0 Å². The number of carbonyl (C=O) groups excluding carboxylic acids is 1. The summed E-state index contributed by atoms with van der Waals surface area (Å²) in [4.78, 5) is 16.6. The van der Waals surface area contributed by atoms with Crippen LogP contribution in [0.4, 0.5) is 0 Å². The lowest BCUT2D eigenvalue weighted by Gasteiger charge is -2.40. The Morgan fingerprint density at radius 3 is 2.06 bits per heavy atom. The Balaban J connectivity index is 1.46. The molecule has 1 atom stereocenters. The molecule has 8 heteroatoms. The van der Waals surface area contributed by atoms with Crippen LogP contribution in [0.3, 0.4) is 0 Å². The number of hydrogen-bond donors (Lipinski definition) is 1. The minimum Gasteiger partial charge on any atom is -0.465 e. The molecular weight excluding hydrogens is 474 g/mol. The minimum absolute atomic E-state index is 0.0488. The standard InChI is InChI=1S/C28H33N3O4S/c1-35-28(32)26-14-12-24(13-15-26)21-31(36(33)34)22-27(25-10-6-3-7-11-25)30-18-16-29(17-19-30)20-23-8-4-2-5-9-23/h2-15,27,36H,16-22H2,1H3.